The molecule has 2 unspecified atom stereocenters. The summed E-state index contributed by atoms with van der Waals surface area (Å²) in [5.41, 5.74) is 0.247. The van der Waals surface area contributed by atoms with Gasteiger partial charge in [-0.3, -0.25) is 4.90 Å². The van der Waals surface area contributed by atoms with E-state index < -0.39 is 0 Å². The third-order valence-electron chi connectivity index (χ3n) is 5.25. The molecular formula is C15H27NO2. The average molecular weight is 253 g/mol. The van der Waals surface area contributed by atoms with E-state index in [0.717, 1.165) is 19.5 Å². The summed E-state index contributed by atoms with van der Waals surface area (Å²) in [6.07, 6.45) is 12.0. The number of nitrogens with zero attached hydrogens (tertiary/aromatic N) is 1. The van der Waals surface area contributed by atoms with Gasteiger partial charge in [0.25, 0.3) is 0 Å². The van der Waals surface area contributed by atoms with Gasteiger partial charge in [0.05, 0.1) is 18.3 Å². The number of rotatable bonds is 3. The van der Waals surface area contributed by atoms with Crippen LogP contribution in [-0.2, 0) is 4.74 Å². The van der Waals surface area contributed by atoms with E-state index in [0.29, 0.717) is 18.8 Å². The second-order valence-electron chi connectivity index (χ2n) is 6.50. The molecule has 104 valence electrons. The molecule has 1 saturated carbocycles. The largest absolute Gasteiger partial charge is 0.395 e. The summed E-state index contributed by atoms with van der Waals surface area (Å²) in [7, 11) is 0. The van der Waals surface area contributed by atoms with Crippen LogP contribution in [0.3, 0.4) is 0 Å². The standard InChI is InChI=1S/C15H27NO2/c17-12-13-5-4-10-16(13)11-14-6-9-15(18-14)7-2-1-3-8-15/h13-14,17H,1-12H2. The Morgan fingerprint density at radius 2 is 1.89 bits per heavy atom. The molecule has 1 spiro atoms. The Hall–Kier alpha value is -0.120. The van der Waals surface area contributed by atoms with Crippen molar-refractivity contribution in [2.75, 3.05) is 19.7 Å². The Balaban J connectivity index is 1.52. The number of hydrogen-bond acceptors (Lipinski definition) is 3. The lowest BCUT2D eigenvalue weighted by atomic mass is 9.83. The number of ether oxygens (including phenoxy) is 1. The van der Waals surface area contributed by atoms with Gasteiger partial charge in [-0.05, 0) is 45.1 Å². The van der Waals surface area contributed by atoms with Crippen molar-refractivity contribution in [2.24, 2.45) is 0 Å². The van der Waals surface area contributed by atoms with E-state index in [1.54, 1.807) is 0 Å². The van der Waals surface area contributed by atoms with Crippen LogP contribution in [0.4, 0.5) is 0 Å². The molecule has 0 aromatic rings. The van der Waals surface area contributed by atoms with Crippen LogP contribution in [0.5, 0.6) is 0 Å². The van der Waals surface area contributed by atoms with Crippen molar-refractivity contribution in [3.8, 4) is 0 Å². The average Bonchev–Trinajstić information content (AvgIpc) is 2.99. The maximum Gasteiger partial charge on any atom is 0.0710 e. The molecule has 3 rings (SSSR count). The highest BCUT2D eigenvalue weighted by molar-refractivity contribution is 4.93. The first-order valence-corrected chi connectivity index (χ1v) is 7.84. The van der Waals surface area contributed by atoms with Gasteiger partial charge in [-0.15, -0.1) is 0 Å². The van der Waals surface area contributed by atoms with Crippen molar-refractivity contribution in [1.29, 1.82) is 0 Å². The van der Waals surface area contributed by atoms with E-state index in [-0.39, 0.29) is 5.60 Å². The Bertz CT molecular complexity index is 276. The van der Waals surface area contributed by atoms with E-state index in [9.17, 15) is 5.11 Å². The molecule has 1 aliphatic carbocycles. The van der Waals surface area contributed by atoms with Gasteiger partial charge in [0, 0.05) is 12.6 Å². The summed E-state index contributed by atoms with van der Waals surface area (Å²) < 4.78 is 6.42. The molecule has 0 amide bonds. The Labute approximate surface area is 110 Å². The summed E-state index contributed by atoms with van der Waals surface area (Å²) in [6, 6.07) is 0.400. The maximum atomic E-state index is 9.37. The molecule has 3 fully saturated rings. The highest BCUT2D eigenvalue weighted by Crippen LogP contribution is 2.42. The third-order valence-corrected chi connectivity index (χ3v) is 5.25. The monoisotopic (exact) mass is 253 g/mol. The van der Waals surface area contributed by atoms with E-state index >= 15 is 0 Å². The zero-order valence-electron chi connectivity index (χ0n) is 11.4. The van der Waals surface area contributed by atoms with Gasteiger partial charge in [-0.1, -0.05) is 19.3 Å². The van der Waals surface area contributed by atoms with Gasteiger partial charge in [-0.2, -0.15) is 0 Å². The molecule has 3 aliphatic rings. The van der Waals surface area contributed by atoms with Crippen LogP contribution in [0.25, 0.3) is 0 Å². The highest BCUT2D eigenvalue weighted by atomic mass is 16.5. The second-order valence-corrected chi connectivity index (χ2v) is 6.50. The van der Waals surface area contributed by atoms with E-state index in [2.05, 4.69) is 4.90 Å². The summed E-state index contributed by atoms with van der Waals surface area (Å²) in [6.45, 7) is 2.52. The van der Waals surface area contributed by atoms with Crippen LogP contribution in [0.1, 0.15) is 57.8 Å². The smallest absolute Gasteiger partial charge is 0.0710 e. The minimum atomic E-state index is 0.247. The summed E-state index contributed by atoms with van der Waals surface area (Å²) in [5, 5.41) is 9.37. The molecule has 0 aromatic heterocycles. The first kappa shape index (κ1) is 12.9. The van der Waals surface area contributed by atoms with Crippen molar-refractivity contribution in [2.45, 2.75) is 75.5 Å². The molecule has 2 atom stereocenters. The number of aliphatic hydroxyl groups is 1. The van der Waals surface area contributed by atoms with Crippen LogP contribution >= 0.6 is 0 Å². The summed E-state index contributed by atoms with van der Waals surface area (Å²) in [5.74, 6) is 0. The quantitative estimate of drug-likeness (QED) is 0.838. The molecule has 0 radical (unpaired) electrons. The first-order chi connectivity index (χ1) is 8.81. The number of hydrogen-bond donors (Lipinski definition) is 1. The molecule has 3 nitrogen and oxygen atoms in total. The Morgan fingerprint density at radius 3 is 2.67 bits per heavy atom. The topological polar surface area (TPSA) is 32.7 Å². The fourth-order valence-corrected chi connectivity index (χ4v) is 4.19. The van der Waals surface area contributed by atoms with Gasteiger partial charge in [0.1, 0.15) is 0 Å². The fraction of sp³-hybridized carbons (Fsp3) is 1.00. The lowest BCUT2D eigenvalue weighted by Gasteiger charge is -2.34. The second kappa shape index (κ2) is 5.48. The zero-order valence-corrected chi connectivity index (χ0v) is 11.4. The molecule has 0 bridgehead atoms. The molecule has 3 heteroatoms. The van der Waals surface area contributed by atoms with Gasteiger partial charge in [-0.25, -0.2) is 0 Å². The van der Waals surface area contributed by atoms with Crippen molar-refractivity contribution in [1.82, 2.24) is 4.90 Å². The minimum Gasteiger partial charge on any atom is -0.395 e. The van der Waals surface area contributed by atoms with Crippen LogP contribution in [0.2, 0.25) is 0 Å². The fourth-order valence-electron chi connectivity index (χ4n) is 4.19. The van der Waals surface area contributed by atoms with E-state index in [4.69, 9.17) is 4.74 Å². The predicted octanol–water partition coefficient (Wildman–Crippen LogP) is 2.33. The zero-order chi connectivity index (χ0) is 12.4. The third kappa shape index (κ3) is 2.59. The highest BCUT2D eigenvalue weighted by Gasteiger charge is 2.41. The van der Waals surface area contributed by atoms with Crippen LogP contribution in [0.15, 0.2) is 0 Å². The van der Waals surface area contributed by atoms with Gasteiger partial charge in [0.2, 0.25) is 0 Å². The molecule has 2 saturated heterocycles. The molecule has 2 aliphatic heterocycles. The van der Waals surface area contributed by atoms with Crippen LogP contribution < -0.4 is 0 Å². The SMILES string of the molecule is OCC1CCCN1CC1CCC2(CCCCC2)O1. The van der Waals surface area contributed by atoms with Gasteiger partial charge in [0.15, 0.2) is 0 Å². The van der Waals surface area contributed by atoms with Gasteiger partial charge < -0.3 is 9.84 Å². The molecular weight excluding hydrogens is 226 g/mol. The Kier molecular flexibility index (Phi) is 3.92. The molecule has 1 N–H and O–H groups in total. The molecule has 0 aromatic carbocycles. The number of aliphatic hydroxyl groups excluding tert-OH is 1. The van der Waals surface area contributed by atoms with Crippen LogP contribution in [0, 0.1) is 0 Å². The predicted molar refractivity (Wildman–Crippen MR) is 71.6 cm³/mol. The number of likely N-dealkylation sites (tertiary alicyclic amines) is 1. The summed E-state index contributed by atoms with van der Waals surface area (Å²) in [4.78, 5) is 2.45. The summed E-state index contributed by atoms with van der Waals surface area (Å²) >= 11 is 0. The molecule has 18 heavy (non-hydrogen) atoms. The van der Waals surface area contributed by atoms with Gasteiger partial charge >= 0.3 is 0 Å². The lowest BCUT2D eigenvalue weighted by molar-refractivity contribution is -0.0736. The molecule has 2 heterocycles. The van der Waals surface area contributed by atoms with Crippen molar-refractivity contribution in [3.63, 3.8) is 0 Å². The van der Waals surface area contributed by atoms with E-state index in [1.807, 2.05) is 0 Å². The Morgan fingerprint density at radius 1 is 1.06 bits per heavy atom. The van der Waals surface area contributed by atoms with Crippen molar-refractivity contribution >= 4 is 0 Å². The van der Waals surface area contributed by atoms with E-state index in [1.165, 1.54) is 51.4 Å². The minimum absolute atomic E-state index is 0.247. The normalized spacial score (nSPS) is 36.5. The lowest BCUT2D eigenvalue weighted by Crippen LogP contribution is -2.40. The first-order valence-electron chi connectivity index (χ1n) is 7.84. The maximum absolute atomic E-state index is 9.37. The van der Waals surface area contributed by atoms with Crippen LogP contribution in [-0.4, -0.2) is 47.4 Å². The van der Waals surface area contributed by atoms with Crippen molar-refractivity contribution in [3.05, 3.63) is 0 Å². The van der Waals surface area contributed by atoms with Crippen molar-refractivity contribution < 1.29 is 9.84 Å².